The summed E-state index contributed by atoms with van der Waals surface area (Å²) in [6, 6.07) is 15.6. The molecule has 0 radical (unpaired) electrons. The lowest BCUT2D eigenvalue weighted by molar-refractivity contribution is 0.102. The largest absolute Gasteiger partial charge is 0.368 e. The average Bonchev–Trinajstić information content (AvgIpc) is 2.76. The van der Waals surface area contributed by atoms with Crippen LogP contribution in [-0.2, 0) is 0 Å². The molecule has 0 bridgehead atoms. The predicted octanol–water partition coefficient (Wildman–Crippen LogP) is 3.19. The number of amides is 1. The van der Waals surface area contributed by atoms with Crippen LogP contribution in [0.15, 0.2) is 67.0 Å². The number of nitrogens with zero attached hydrogens (tertiary/aromatic N) is 4. The first-order valence-electron chi connectivity index (χ1n) is 9.13. The van der Waals surface area contributed by atoms with E-state index in [1.54, 1.807) is 30.6 Å². The first-order valence-corrected chi connectivity index (χ1v) is 9.13. The molecule has 2 aromatic heterocycles. The number of para-hydroxylation sites is 1. The molecule has 7 heteroatoms. The van der Waals surface area contributed by atoms with Gasteiger partial charge in [0.2, 0.25) is 0 Å². The summed E-state index contributed by atoms with van der Waals surface area (Å²) < 4.78 is 13.8. The molecule has 3 heterocycles. The number of carbonyl (C=O) groups is 1. The van der Waals surface area contributed by atoms with E-state index in [1.165, 1.54) is 12.1 Å². The molecule has 0 atom stereocenters. The molecule has 0 spiro atoms. The molecule has 142 valence electrons. The van der Waals surface area contributed by atoms with E-state index >= 15 is 0 Å². The van der Waals surface area contributed by atoms with E-state index in [0.717, 1.165) is 37.7 Å². The summed E-state index contributed by atoms with van der Waals surface area (Å²) in [4.78, 5) is 25.5. The summed E-state index contributed by atoms with van der Waals surface area (Å²) in [5.41, 5.74) is 1.32. The maximum absolute atomic E-state index is 13.8. The van der Waals surface area contributed by atoms with Gasteiger partial charge in [-0.15, -0.1) is 0 Å². The summed E-state index contributed by atoms with van der Waals surface area (Å²) in [6.45, 7) is 3.32. The van der Waals surface area contributed by atoms with Gasteiger partial charge >= 0.3 is 0 Å². The van der Waals surface area contributed by atoms with Crippen molar-refractivity contribution in [3.63, 3.8) is 0 Å². The molecule has 28 heavy (non-hydrogen) atoms. The summed E-state index contributed by atoms with van der Waals surface area (Å²) in [5, 5.41) is 2.57. The maximum atomic E-state index is 13.8. The van der Waals surface area contributed by atoms with Crippen LogP contribution in [0.5, 0.6) is 0 Å². The number of hydrogen-bond donors (Lipinski definition) is 1. The van der Waals surface area contributed by atoms with Crippen molar-refractivity contribution in [3.05, 3.63) is 78.5 Å². The van der Waals surface area contributed by atoms with Crippen LogP contribution in [0.2, 0.25) is 0 Å². The Bertz CT molecular complexity index is 958. The number of nitrogens with one attached hydrogen (secondary N) is 1. The Balaban J connectivity index is 1.43. The fraction of sp³-hybridized carbons (Fsp3) is 0.190. The third-order valence-electron chi connectivity index (χ3n) is 4.72. The van der Waals surface area contributed by atoms with Crippen molar-refractivity contribution in [2.24, 2.45) is 0 Å². The first kappa shape index (κ1) is 17.9. The Morgan fingerprint density at radius 1 is 0.893 bits per heavy atom. The molecular weight excluding hydrogens is 357 g/mol. The summed E-state index contributed by atoms with van der Waals surface area (Å²) in [7, 11) is 0. The van der Waals surface area contributed by atoms with Gasteiger partial charge in [0.25, 0.3) is 5.91 Å². The molecule has 1 saturated heterocycles. The summed E-state index contributed by atoms with van der Waals surface area (Å²) >= 11 is 0. The fourth-order valence-electron chi connectivity index (χ4n) is 3.22. The van der Waals surface area contributed by atoms with Crippen molar-refractivity contribution >= 4 is 23.1 Å². The molecule has 1 N–H and O–H groups in total. The second kappa shape index (κ2) is 8.04. The first-order chi connectivity index (χ1) is 13.7. The Morgan fingerprint density at radius 3 is 2.39 bits per heavy atom. The molecule has 6 nitrogen and oxygen atoms in total. The molecule has 4 rings (SSSR count). The van der Waals surface area contributed by atoms with Crippen LogP contribution < -0.4 is 15.1 Å². The van der Waals surface area contributed by atoms with Gasteiger partial charge in [-0.1, -0.05) is 18.2 Å². The molecule has 0 saturated carbocycles. The lowest BCUT2D eigenvalue weighted by Gasteiger charge is -2.36. The minimum atomic E-state index is -0.474. The molecule has 1 aliphatic heterocycles. The summed E-state index contributed by atoms with van der Waals surface area (Å²) in [5.74, 6) is 0.0681. The van der Waals surface area contributed by atoms with Gasteiger partial charge in [-0.2, -0.15) is 0 Å². The number of benzene rings is 1. The van der Waals surface area contributed by atoms with Gasteiger partial charge in [-0.3, -0.25) is 9.78 Å². The highest BCUT2D eigenvalue weighted by atomic mass is 19.1. The number of carbonyl (C=O) groups excluding carboxylic acids is 1. The van der Waals surface area contributed by atoms with Crippen LogP contribution in [0, 0.1) is 5.82 Å². The lowest BCUT2D eigenvalue weighted by Crippen LogP contribution is -2.46. The highest BCUT2D eigenvalue weighted by Gasteiger charge is 2.19. The molecule has 1 amide bonds. The number of halogens is 1. The predicted molar refractivity (Wildman–Crippen MR) is 107 cm³/mol. The number of anilines is 3. The van der Waals surface area contributed by atoms with Crippen molar-refractivity contribution in [3.8, 4) is 0 Å². The van der Waals surface area contributed by atoms with Gasteiger partial charge in [-0.05, 0) is 36.4 Å². The SMILES string of the molecule is O=C(Nc1ccccc1F)c1cc(N2CCN(c3ccccn3)CC2)ccn1. The average molecular weight is 377 g/mol. The topological polar surface area (TPSA) is 61.4 Å². The van der Waals surface area contributed by atoms with Crippen LogP contribution in [0.4, 0.5) is 21.6 Å². The Kier molecular flexibility index (Phi) is 5.14. The van der Waals surface area contributed by atoms with Gasteiger partial charge in [0.05, 0.1) is 5.69 Å². The van der Waals surface area contributed by atoms with Crippen molar-refractivity contribution in [2.75, 3.05) is 41.3 Å². The van der Waals surface area contributed by atoms with Crippen molar-refractivity contribution < 1.29 is 9.18 Å². The Hall–Kier alpha value is -3.48. The van der Waals surface area contributed by atoms with E-state index < -0.39 is 11.7 Å². The molecule has 1 aromatic carbocycles. The number of rotatable bonds is 4. The summed E-state index contributed by atoms with van der Waals surface area (Å²) in [6.07, 6.45) is 3.40. The minimum Gasteiger partial charge on any atom is -0.368 e. The third-order valence-corrected chi connectivity index (χ3v) is 4.72. The second-order valence-corrected chi connectivity index (χ2v) is 6.50. The van der Waals surface area contributed by atoms with E-state index in [9.17, 15) is 9.18 Å². The second-order valence-electron chi connectivity index (χ2n) is 6.50. The smallest absolute Gasteiger partial charge is 0.274 e. The van der Waals surface area contributed by atoms with Crippen LogP contribution in [0.1, 0.15) is 10.5 Å². The number of hydrogen-bond acceptors (Lipinski definition) is 5. The molecule has 0 unspecified atom stereocenters. The van der Waals surface area contributed by atoms with Crippen LogP contribution >= 0.6 is 0 Å². The zero-order valence-corrected chi connectivity index (χ0v) is 15.3. The fourth-order valence-corrected chi connectivity index (χ4v) is 3.22. The minimum absolute atomic E-state index is 0.142. The van der Waals surface area contributed by atoms with Crippen LogP contribution in [0.25, 0.3) is 0 Å². The molecule has 3 aromatic rings. The molecular formula is C21H20FN5O. The van der Waals surface area contributed by atoms with E-state index in [4.69, 9.17) is 0 Å². The van der Waals surface area contributed by atoms with Crippen molar-refractivity contribution in [1.82, 2.24) is 9.97 Å². The van der Waals surface area contributed by atoms with Gasteiger partial charge in [0, 0.05) is 44.3 Å². The zero-order chi connectivity index (χ0) is 19.3. The molecule has 0 aliphatic carbocycles. The standard InChI is InChI=1S/C21H20FN5O/c22-17-5-1-2-6-18(17)25-21(28)19-15-16(8-10-23-19)26-11-13-27(14-12-26)20-7-3-4-9-24-20/h1-10,15H,11-14H2,(H,25,28). The van der Waals surface area contributed by atoms with Gasteiger partial charge in [0.1, 0.15) is 17.3 Å². The quantitative estimate of drug-likeness (QED) is 0.757. The van der Waals surface area contributed by atoms with Crippen molar-refractivity contribution in [2.45, 2.75) is 0 Å². The monoisotopic (exact) mass is 377 g/mol. The van der Waals surface area contributed by atoms with Gasteiger partial charge in [-0.25, -0.2) is 9.37 Å². The number of aromatic nitrogens is 2. The maximum Gasteiger partial charge on any atom is 0.274 e. The van der Waals surface area contributed by atoms with Gasteiger partial charge < -0.3 is 15.1 Å². The Morgan fingerprint density at radius 2 is 1.64 bits per heavy atom. The lowest BCUT2D eigenvalue weighted by atomic mass is 10.2. The molecule has 1 fully saturated rings. The van der Waals surface area contributed by atoms with Crippen molar-refractivity contribution in [1.29, 1.82) is 0 Å². The van der Waals surface area contributed by atoms with E-state index in [2.05, 4.69) is 25.1 Å². The van der Waals surface area contributed by atoms with Gasteiger partial charge in [0.15, 0.2) is 0 Å². The van der Waals surface area contributed by atoms with Crippen LogP contribution in [0.3, 0.4) is 0 Å². The normalized spacial score (nSPS) is 14.0. The van der Waals surface area contributed by atoms with Crippen LogP contribution in [-0.4, -0.2) is 42.1 Å². The van der Waals surface area contributed by atoms with E-state index in [1.807, 2.05) is 24.3 Å². The van der Waals surface area contributed by atoms with E-state index in [0.29, 0.717) is 0 Å². The number of pyridine rings is 2. The number of piperazine rings is 1. The molecule has 1 aliphatic rings. The highest BCUT2D eigenvalue weighted by molar-refractivity contribution is 6.03. The third kappa shape index (κ3) is 3.93. The highest BCUT2D eigenvalue weighted by Crippen LogP contribution is 2.20. The van der Waals surface area contributed by atoms with E-state index in [-0.39, 0.29) is 11.4 Å². The zero-order valence-electron chi connectivity index (χ0n) is 15.3. The Labute approximate surface area is 162 Å².